The first-order valence-electron chi connectivity index (χ1n) is 4.53. The number of nitro benzene ring substituents is 1. The molecule has 0 radical (unpaired) electrons. The van der Waals surface area contributed by atoms with Crippen LogP contribution in [0, 0.1) is 17.0 Å². The van der Waals surface area contributed by atoms with Crippen molar-refractivity contribution in [2.45, 2.75) is 20.0 Å². The molecule has 1 unspecified atom stereocenters. The van der Waals surface area contributed by atoms with E-state index in [1.54, 1.807) is 13.0 Å². The van der Waals surface area contributed by atoms with Crippen LogP contribution in [-0.2, 0) is 4.79 Å². The average molecular weight is 244 g/mol. The zero-order chi connectivity index (χ0) is 12.3. The monoisotopic (exact) mass is 243 g/mol. The van der Waals surface area contributed by atoms with E-state index in [0.29, 0.717) is 0 Å². The van der Waals surface area contributed by atoms with Crippen molar-refractivity contribution in [2.24, 2.45) is 0 Å². The number of carbonyl (C=O) groups is 1. The molecule has 0 saturated heterocycles. The molecule has 5 nitrogen and oxygen atoms in total. The maximum Gasteiger partial charge on any atom is 0.311 e. The normalized spacial score (nSPS) is 11.9. The number of halogens is 1. The molecule has 0 N–H and O–H groups in total. The van der Waals surface area contributed by atoms with Crippen molar-refractivity contribution in [1.82, 2.24) is 0 Å². The minimum Gasteiger partial charge on any atom is -0.474 e. The van der Waals surface area contributed by atoms with E-state index in [-0.39, 0.29) is 11.4 Å². The zero-order valence-electron chi connectivity index (χ0n) is 8.77. The molecular weight excluding hydrogens is 234 g/mol. The molecule has 86 valence electrons. The fraction of sp³-hybridized carbons (Fsp3) is 0.300. The Morgan fingerprint density at radius 3 is 2.69 bits per heavy atom. The second kappa shape index (κ2) is 4.94. The van der Waals surface area contributed by atoms with Gasteiger partial charge in [0.1, 0.15) is 0 Å². The second-order valence-electron chi connectivity index (χ2n) is 3.29. The largest absolute Gasteiger partial charge is 0.474 e. The van der Waals surface area contributed by atoms with Gasteiger partial charge in [-0.1, -0.05) is 6.07 Å². The molecule has 1 atom stereocenters. The van der Waals surface area contributed by atoms with E-state index in [0.717, 1.165) is 5.56 Å². The van der Waals surface area contributed by atoms with Crippen LogP contribution in [-0.4, -0.2) is 16.3 Å². The first-order valence-corrected chi connectivity index (χ1v) is 4.90. The summed E-state index contributed by atoms with van der Waals surface area (Å²) in [5.74, 6) is 0.0390. The zero-order valence-corrected chi connectivity index (χ0v) is 9.52. The summed E-state index contributed by atoms with van der Waals surface area (Å²) in [4.78, 5) is 20.9. The van der Waals surface area contributed by atoms with E-state index in [2.05, 4.69) is 0 Å². The number of rotatable bonds is 4. The Balaban J connectivity index is 3.04. The van der Waals surface area contributed by atoms with E-state index in [1.807, 2.05) is 0 Å². The van der Waals surface area contributed by atoms with Crippen molar-refractivity contribution in [3.8, 4) is 5.75 Å². The number of ether oxygens (including phenoxy) is 1. The third-order valence-corrected chi connectivity index (χ3v) is 2.24. The molecule has 0 aliphatic carbocycles. The number of hydrogen-bond donors (Lipinski definition) is 0. The van der Waals surface area contributed by atoms with Gasteiger partial charge in [-0.3, -0.25) is 14.9 Å². The molecule has 0 aliphatic rings. The molecule has 1 aromatic carbocycles. The van der Waals surface area contributed by atoms with Gasteiger partial charge in [0.2, 0.25) is 0 Å². The molecule has 6 heteroatoms. The predicted octanol–water partition coefficient (Wildman–Crippen LogP) is 2.44. The Morgan fingerprint density at radius 1 is 1.56 bits per heavy atom. The van der Waals surface area contributed by atoms with Gasteiger partial charge in [-0.2, -0.15) is 0 Å². The van der Waals surface area contributed by atoms with E-state index in [9.17, 15) is 14.9 Å². The molecule has 0 heterocycles. The smallest absolute Gasteiger partial charge is 0.311 e. The van der Waals surface area contributed by atoms with Gasteiger partial charge in [0, 0.05) is 6.07 Å². The topological polar surface area (TPSA) is 69.4 Å². The van der Waals surface area contributed by atoms with Crippen molar-refractivity contribution in [1.29, 1.82) is 0 Å². The minimum atomic E-state index is -0.914. The van der Waals surface area contributed by atoms with Gasteiger partial charge in [-0.25, -0.2) is 0 Å². The van der Waals surface area contributed by atoms with E-state index < -0.39 is 16.3 Å². The number of benzene rings is 1. The third kappa shape index (κ3) is 2.93. The summed E-state index contributed by atoms with van der Waals surface area (Å²) in [5.41, 5.74) is 0.564. The molecule has 0 aliphatic heterocycles. The Bertz CT molecular complexity index is 433. The van der Waals surface area contributed by atoms with Gasteiger partial charge in [-0.15, -0.1) is 0 Å². The summed E-state index contributed by atoms with van der Waals surface area (Å²) in [7, 11) is 0. The summed E-state index contributed by atoms with van der Waals surface area (Å²) in [6.45, 7) is 3.16. The molecular formula is C10H10ClNO4. The molecule has 0 spiro atoms. The Kier molecular flexibility index (Phi) is 3.84. The van der Waals surface area contributed by atoms with Crippen LogP contribution >= 0.6 is 11.6 Å². The van der Waals surface area contributed by atoms with Crippen LogP contribution in [0.2, 0.25) is 0 Å². The molecule has 1 rings (SSSR count). The fourth-order valence-corrected chi connectivity index (χ4v) is 1.15. The molecule has 0 fully saturated rings. The summed E-state index contributed by atoms with van der Waals surface area (Å²) in [6, 6.07) is 4.48. The van der Waals surface area contributed by atoms with Crippen LogP contribution < -0.4 is 4.74 Å². The maximum atomic E-state index is 10.8. The number of aryl methyl sites for hydroxylation is 1. The maximum absolute atomic E-state index is 10.8. The Hall–Kier alpha value is -1.62. The van der Waals surface area contributed by atoms with Gasteiger partial charge in [0.05, 0.1) is 4.92 Å². The predicted molar refractivity (Wildman–Crippen MR) is 58.8 cm³/mol. The van der Waals surface area contributed by atoms with Gasteiger partial charge in [0.15, 0.2) is 11.9 Å². The van der Waals surface area contributed by atoms with E-state index in [4.69, 9.17) is 16.3 Å². The molecule has 16 heavy (non-hydrogen) atoms. The van der Waals surface area contributed by atoms with Gasteiger partial charge < -0.3 is 4.74 Å². The molecule has 0 bridgehead atoms. The van der Waals surface area contributed by atoms with Gasteiger partial charge >= 0.3 is 5.69 Å². The number of nitrogens with zero attached hydrogens (tertiary/aromatic N) is 1. The van der Waals surface area contributed by atoms with Crippen molar-refractivity contribution in [3.05, 3.63) is 33.9 Å². The third-order valence-electron chi connectivity index (χ3n) is 1.93. The lowest BCUT2D eigenvalue weighted by atomic mass is 10.2. The second-order valence-corrected chi connectivity index (χ2v) is 3.67. The Morgan fingerprint density at radius 2 is 2.19 bits per heavy atom. The van der Waals surface area contributed by atoms with Crippen LogP contribution in [0.5, 0.6) is 5.75 Å². The molecule has 0 amide bonds. The number of carbonyl (C=O) groups excluding carboxylic acids is 1. The fourth-order valence-electron chi connectivity index (χ4n) is 1.11. The van der Waals surface area contributed by atoms with Gasteiger partial charge in [0.25, 0.3) is 5.24 Å². The molecule has 1 aromatic rings. The number of hydrogen-bond acceptors (Lipinski definition) is 4. The van der Waals surface area contributed by atoms with Crippen LogP contribution in [0.4, 0.5) is 5.69 Å². The van der Waals surface area contributed by atoms with Crippen LogP contribution in [0.1, 0.15) is 12.5 Å². The SMILES string of the molecule is Cc1ccc(OC(C)C(=O)Cl)c([N+](=O)[O-])c1. The van der Waals surface area contributed by atoms with Gasteiger partial charge in [-0.05, 0) is 37.1 Å². The highest BCUT2D eigenvalue weighted by Gasteiger charge is 2.19. The van der Waals surface area contributed by atoms with Crippen molar-refractivity contribution >= 4 is 22.5 Å². The summed E-state index contributed by atoms with van der Waals surface area (Å²) in [6.07, 6.45) is -0.914. The highest BCUT2D eigenvalue weighted by atomic mass is 35.5. The quantitative estimate of drug-likeness (QED) is 0.463. The summed E-state index contributed by atoms with van der Waals surface area (Å²) < 4.78 is 5.10. The Labute approximate surface area is 97.1 Å². The molecule has 0 aromatic heterocycles. The first kappa shape index (κ1) is 12.4. The van der Waals surface area contributed by atoms with Crippen LogP contribution in [0.25, 0.3) is 0 Å². The average Bonchev–Trinajstić information content (AvgIpc) is 2.20. The summed E-state index contributed by atoms with van der Waals surface area (Å²) in [5, 5.41) is 10.0. The number of nitro groups is 1. The standard InChI is InChI=1S/C10H10ClNO4/c1-6-3-4-9(8(5-6)12(14)15)16-7(2)10(11)13/h3-5,7H,1-2H3. The lowest BCUT2D eigenvalue weighted by Gasteiger charge is -2.10. The van der Waals surface area contributed by atoms with E-state index >= 15 is 0 Å². The lowest BCUT2D eigenvalue weighted by molar-refractivity contribution is -0.386. The summed E-state index contributed by atoms with van der Waals surface area (Å²) >= 11 is 5.21. The van der Waals surface area contributed by atoms with Crippen LogP contribution in [0.3, 0.4) is 0 Å². The lowest BCUT2D eigenvalue weighted by Crippen LogP contribution is -2.19. The first-order chi connectivity index (χ1) is 7.41. The molecule has 0 saturated carbocycles. The minimum absolute atomic E-state index is 0.0390. The van der Waals surface area contributed by atoms with Crippen molar-refractivity contribution in [3.63, 3.8) is 0 Å². The van der Waals surface area contributed by atoms with Crippen molar-refractivity contribution in [2.75, 3.05) is 0 Å². The van der Waals surface area contributed by atoms with Crippen molar-refractivity contribution < 1.29 is 14.5 Å². The highest BCUT2D eigenvalue weighted by molar-refractivity contribution is 6.64. The van der Waals surface area contributed by atoms with E-state index in [1.165, 1.54) is 19.1 Å². The highest BCUT2D eigenvalue weighted by Crippen LogP contribution is 2.28. The van der Waals surface area contributed by atoms with Crippen LogP contribution in [0.15, 0.2) is 18.2 Å².